The van der Waals surface area contributed by atoms with Crippen LogP contribution in [0, 0.1) is 0 Å². The average molecular weight is 370 g/mol. The summed E-state index contributed by atoms with van der Waals surface area (Å²) in [4.78, 5) is 10.4. The fraction of sp³-hybridized carbons (Fsp3) is 0.750. The zero-order chi connectivity index (χ0) is 19.4. The topological polar surface area (TPSA) is 107 Å². The van der Waals surface area contributed by atoms with Crippen molar-refractivity contribution in [3.63, 3.8) is 0 Å². The molecular weight excluding hydrogens is 336 g/mol. The molecule has 1 aliphatic rings. The molecule has 1 fully saturated rings. The molecule has 0 aliphatic carbocycles. The zero-order valence-electron chi connectivity index (χ0n) is 15.7. The molecule has 26 heavy (non-hydrogen) atoms. The van der Waals surface area contributed by atoms with Crippen molar-refractivity contribution in [2.45, 2.75) is 95.2 Å². The third kappa shape index (κ3) is 9.48. The van der Waals surface area contributed by atoms with E-state index in [1.807, 2.05) is 6.08 Å². The maximum absolute atomic E-state index is 10.4. The largest absolute Gasteiger partial charge is 0.481 e. The van der Waals surface area contributed by atoms with Gasteiger partial charge in [0, 0.05) is 12.8 Å². The molecule has 0 radical (unpaired) electrons. The second kappa shape index (κ2) is 13.0. The molecule has 0 aromatic rings. The Morgan fingerprint density at radius 3 is 2.65 bits per heavy atom. The van der Waals surface area contributed by atoms with E-state index in [4.69, 9.17) is 9.84 Å². The summed E-state index contributed by atoms with van der Waals surface area (Å²) in [5, 5.41) is 38.6. The van der Waals surface area contributed by atoms with E-state index in [0.29, 0.717) is 25.7 Å². The van der Waals surface area contributed by atoms with Crippen LogP contribution >= 0.6 is 0 Å². The van der Waals surface area contributed by atoms with E-state index in [9.17, 15) is 20.1 Å². The first-order valence-corrected chi connectivity index (χ1v) is 9.68. The number of aliphatic hydroxyl groups excluding tert-OH is 3. The van der Waals surface area contributed by atoms with Crippen molar-refractivity contribution in [3.8, 4) is 0 Å². The lowest BCUT2D eigenvalue weighted by atomic mass is 10.0. The summed E-state index contributed by atoms with van der Waals surface area (Å²) in [7, 11) is 0. The van der Waals surface area contributed by atoms with Gasteiger partial charge in [0.2, 0.25) is 0 Å². The van der Waals surface area contributed by atoms with Crippen LogP contribution in [0.15, 0.2) is 24.3 Å². The number of aliphatic carboxylic acids is 1. The van der Waals surface area contributed by atoms with E-state index < -0.39 is 30.4 Å². The third-order valence-electron chi connectivity index (χ3n) is 4.56. The highest BCUT2D eigenvalue weighted by Crippen LogP contribution is 2.26. The van der Waals surface area contributed by atoms with Crippen LogP contribution in [-0.4, -0.2) is 56.9 Å². The van der Waals surface area contributed by atoms with Crippen LogP contribution in [0.25, 0.3) is 0 Å². The SMILES string of the molecule is CCCCC/C=C\C[C@H]1O[C@@H]([C@H](O)/C=C/[C@@H](O)CCCC(=O)O)C[C@@H]1O. The molecule has 0 spiro atoms. The molecule has 0 bridgehead atoms. The summed E-state index contributed by atoms with van der Waals surface area (Å²) in [5.41, 5.74) is 0. The molecule has 4 N–H and O–H groups in total. The lowest BCUT2D eigenvalue weighted by molar-refractivity contribution is -0.137. The van der Waals surface area contributed by atoms with E-state index in [-0.39, 0.29) is 12.5 Å². The lowest BCUT2D eigenvalue weighted by Crippen LogP contribution is -2.24. The number of ether oxygens (including phenoxy) is 1. The van der Waals surface area contributed by atoms with Crippen LogP contribution in [-0.2, 0) is 9.53 Å². The van der Waals surface area contributed by atoms with Crippen molar-refractivity contribution in [2.24, 2.45) is 0 Å². The number of rotatable bonds is 13. The zero-order valence-corrected chi connectivity index (χ0v) is 15.7. The monoisotopic (exact) mass is 370 g/mol. The highest BCUT2D eigenvalue weighted by atomic mass is 16.5. The van der Waals surface area contributed by atoms with Crippen LogP contribution in [0.1, 0.15) is 64.7 Å². The molecule has 6 heteroatoms. The summed E-state index contributed by atoms with van der Waals surface area (Å²) in [5.74, 6) is -0.889. The molecule has 150 valence electrons. The van der Waals surface area contributed by atoms with Gasteiger partial charge in [-0.3, -0.25) is 4.79 Å². The van der Waals surface area contributed by atoms with E-state index in [1.54, 1.807) is 0 Å². The number of hydrogen-bond acceptors (Lipinski definition) is 5. The van der Waals surface area contributed by atoms with Gasteiger partial charge in [0.15, 0.2) is 0 Å². The molecular formula is C20H34O6. The van der Waals surface area contributed by atoms with Crippen molar-refractivity contribution in [1.82, 2.24) is 0 Å². The number of carboxylic acids is 1. The highest BCUT2D eigenvalue weighted by molar-refractivity contribution is 5.66. The predicted molar refractivity (Wildman–Crippen MR) is 99.8 cm³/mol. The Morgan fingerprint density at radius 2 is 1.96 bits per heavy atom. The van der Waals surface area contributed by atoms with Gasteiger partial charge >= 0.3 is 5.97 Å². The van der Waals surface area contributed by atoms with Gasteiger partial charge in [-0.25, -0.2) is 0 Å². The number of allylic oxidation sites excluding steroid dienone is 1. The Labute approximate surface area is 156 Å². The Kier molecular flexibility index (Phi) is 11.4. The molecule has 1 rings (SSSR count). The first-order valence-electron chi connectivity index (χ1n) is 9.68. The smallest absolute Gasteiger partial charge is 0.303 e. The minimum Gasteiger partial charge on any atom is -0.481 e. The van der Waals surface area contributed by atoms with Crippen molar-refractivity contribution < 1.29 is 30.0 Å². The van der Waals surface area contributed by atoms with Crippen LogP contribution < -0.4 is 0 Å². The quantitative estimate of drug-likeness (QED) is 0.293. The van der Waals surface area contributed by atoms with Gasteiger partial charge in [-0.2, -0.15) is 0 Å². The first-order chi connectivity index (χ1) is 12.4. The molecule has 1 heterocycles. The van der Waals surface area contributed by atoms with Crippen molar-refractivity contribution in [2.75, 3.05) is 0 Å². The van der Waals surface area contributed by atoms with E-state index in [2.05, 4.69) is 13.0 Å². The summed E-state index contributed by atoms with van der Waals surface area (Å²) >= 11 is 0. The molecule has 6 nitrogen and oxygen atoms in total. The first kappa shape index (κ1) is 22.8. The van der Waals surface area contributed by atoms with Crippen molar-refractivity contribution in [1.29, 1.82) is 0 Å². The van der Waals surface area contributed by atoms with Crippen molar-refractivity contribution >= 4 is 5.97 Å². The lowest BCUT2D eigenvalue weighted by Gasteiger charge is -2.16. The average Bonchev–Trinajstić information content (AvgIpc) is 2.96. The van der Waals surface area contributed by atoms with Gasteiger partial charge < -0.3 is 25.2 Å². The number of aliphatic hydroxyl groups is 3. The molecule has 0 aromatic carbocycles. The number of carboxylic acid groups (broad SMARTS) is 1. The van der Waals surface area contributed by atoms with Gasteiger partial charge in [0.1, 0.15) is 0 Å². The summed E-state index contributed by atoms with van der Waals surface area (Å²) in [6.07, 6.45) is 10.3. The molecule has 1 saturated heterocycles. The maximum Gasteiger partial charge on any atom is 0.303 e. The predicted octanol–water partition coefficient (Wildman–Crippen LogP) is 2.56. The van der Waals surface area contributed by atoms with Gasteiger partial charge in [0.25, 0.3) is 0 Å². The summed E-state index contributed by atoms with van der Waals surface area (Å²) in [6, 6.07) is 0. The molecule has 0 amide bonds. The van der Waals surface area contributed by atoms with Crippen LogP contribution in [0.3, 0.4) is 0 Å². The Hall–Kier alpha value is -1.21. The number of hydrogen-bond donors (Lipinski definition) is 4. The fourth-order valence-corrected chi connectivity index (χ4v) is 2.98. The van der Waals surface area contributed by atoms with Crippen LogP contribution in [0.4, 0.5) is 0 Å². The van der Waals surface area contributed by atoms with E-state index >= 15 is 0 Å². The third-order valence-corrected chi connectivity index (χ3v) is 4.56. The number of unbranched alkanes of at least 4 members (excludes halogenated alkanes) is 3. The molecule has 0 saturated carbocycles. The van der Waals surface area contributed by atoms with Crippen LogP contribution in [0.5, 0.6) is 0 Å². The molecule has 1 aliphatic heterocycles. The second-order valence-electron chi connectivity index (χ2n) is 6.95. The Balaban J connectivity index is 2.31. The molecule has 0 unspecified atom stereocenters. The standard InChI is InChI=1S/C20H34O6/c1-2-3-4-5-6-7-10-18-17(23)14-19(26-18)16(22)13-12-15(21)9-8-11-20(24)25/h6-7,12-13,15-19,21-23H,2-5,8-11,14H2,1H3,(H,24,25)/b7-6-,13-12+/t15-,16+,17-,18+,19+/m0/s1. The highest BCUT2D eigenvalue weighted by Gasteiger charge is 2.36. The minimum atomic E-state index is -0.905. The summed E-state index contributed by atoms with van der Waals surface area (Å²) < 4.78 is 5.75. The fourth-order valence-electron chi connectivity index (χ4n) is 2.98. The minimum absolute atomic E-state index is 0.0129. The Morgan fingerprint density at radius 1 is 1.19 bits per heavy atom. The van der Waals surface area contributed by atoms with Crippen LogP contribution in [0.2, 0.25) is 0 Å². The maximum atomic E-state index is 10.4. The normalized spacial score (nSPS) is 25.9. The summed E-state index contributed by atoms with van der Waals surface area (Å²) in [6.45, 7) is 2.17. The molecule has 0 aromatic heterocycles. The number of carbonyl (C=O) groups is 1. The molecule has 5 atom stereocenters. The Bertz CT molecular complexity index is 448. The second-order valence-corrected chi connectivity index (χ2v) is 6.95. The van der Waals surface area contributed by atoms with Gasteiger partial charge in [-0.05, 0) is 32.1 Å². The van der Waals surface area contributed by atoms with Crippen molar-refractivity contribution in [3.05, 3.63) is 24.3 Å². The van der Waals surface area contributed by atoms with Gasteiger partial charge in [-0.1, -0.05) is 44.1 Å². The van der Waals surface area contributed by atoms with Gasteiger partial charge in [-0.15, -0.1) is 0 Å². The van der Waals surface area contributed by atoms with E-state index in [1.165, 1.54) is 31.4 Å². The van der Waals surface area contributed by atoms with Gasteiger partial charge in [0.05, 0.1) is 30.5 Å². The van der Waals surface area contributed by atoms with E-state index in [0.717, 1.165) is 6.42 Å².